The monoisotopic (exact) mass is 560 g/mol. The highest BCUT2D eigenvalue weighted by Gasteiger charge is 2.71. The van der Waals surface area contributed by atoms with Crippen molar-refractivity contribution in [2.24, 2.45) is 39.9 Å². The minimum Gasteiger partial charge on any atom is -0.478 e. The van der Waals surface area contributed by atoms with E-state index in [0.717, 1.165) is 43.3 Å². The SMILES string of the molecule is CC.COC1CC2/C(=C(\CCC=C(C)C)C(=O)O)C(OC(C)=O)CC2(C)C2(C)CCC3C(C)C(O)CCC3(C)C12. The van der Waals surface area contributed by atoms with Crippen LogP contribution in [0.2, 0.25) is 0 Å². The van der Waals surface area contributed by atoms with Crippen LogP contribution in [0.1, 0.15) is 114 Å². The van der Waals surface area contributed by atoms with E-state index in [9.17, 15) is 19.8 Å². The smallest absolute Gasteiger partial charge is 0.331 e. The molecule has 6 heteroatoms. The minimum absolute atomic E-state index is 0.0211. The van der Waals surface area contributed by atoms with Crippen LogP contribution in [-0.4, -0.2) is 47.6 Å². The van der Waals surface area contributed by atoms with E-state index in [2.05, 4.69) is 33.8 Å². The van der Waals surface area contributed by atoms with Crippen molar-refractivity contribution < 1.29 is 29.3 Å². The average Bonchev–Trinajstić information content (AvgIpc) is 3.16. The number of hydrogen-bond donors (Lipinski definition) is 2. The maximum absolute atomic E-state index is 12.7. The molecule has 0 aromatic heterocycles. The van der Waals surface area contributed by atoms with Crippen LogP contribution in [-0.2, 0) is 19.1 Å². The number of aliphatic hydroxyl groups is 1. The first-order valence-corrected chi connectivity index (χ1v) is 15.7. The van der Waals surface area contributed by atoms with E-state index in [0.29, 0.717) is 30.8 Å². The van der Waals surface area contributed by atoms with Crippen molar-refractivity contribution in [1.82, 2.24) is 0 Å². The van der Waals surface area contributed by atoms with Gasteiger partial charge in [0.05, 0.1) is 12.2 Å². The third kappa shape index (κ3) is 5.32. The first kappa shape index (κ1) is 32.8. The summed E-state index contributed by atoms with van der Waals surface area (Å²) in [4.78, 5) is 25.0. The van der Waals surface area contributed by atoms with Gasteiger partial charge in [0, 0.05) is 19.6 Å². The van der Waals surface area contributed by atoms with E-state index < -0.39 is 12.1 Å². The summed E-state index contributed by atoms with van der Waals surface area (Å²) in [5.74, 6) is -0.326. The van der Waals surface area contributed by atoms with Gasteiger partial charge in [-0.15, -0.1) is 0 Å². The Morgan fingerprint density at radius 1 is 1.05 bits per heavy atom. The van der Waals surface area contributed by atoms with Crippen LogP contribution in [0.5, 0.6) is 0 Å². The Morgan fingerprint density at radius 3 is 2.25 bits per heavy atom. The molecule has 2 N–H and O–H groups in total. The fourth-order valence-corrected chi connectivity index (χ4v) is 9.98. The third-order valence-electron chi connectivity index (χ3n) is 11.8. The Bertz CT molecular complexity index is 1010. The third-order valence-corrected chi connectivity index (χ3v) is 11.8. The Balaban J connectivity index is 0.00000216. The van der Waals surface area contributed by atoms with Gasteiger partial charge in [-0.2, -0.15) is 0 Å². The molecule has 0 aromatic rings. The number of rotatable bonds is 6. The summed E-state index contributed by atoms with van der Waals surface area (Å²) < 4.78 is 12.3. The largest absolute Gasteiger partial charge is 0.478 e. The molecule has 0 bridgehead atoms. The summed E-state index contributed by atoms with van der Waals surface area (Å²) in [5.41, 5.74) is 2.08. The number of carboxylic acid groups (broad SMARTS) is 1. The topological polar surface area (TPSA) is 93.1 Å². The molecule has 4 aliphatic carbocycles. The molecular weight excluding hydrogens is 504 g/mol. The fraction of sp³-hybridized carbons (Fsp3) is 0.824. The van der Waals surface area contributed by atoms with Crippen molar-refractivity contribution in [1.29, 1.82) is 0 Å². The molecule has 0 aromatic carbocycles. The molecule has 0 aliphatic heterocycles. The first-order valence-electron chi connectivity index (χ1n) is 15.7. The highest BCUT2D eigenvalue weighted by Crippen LogP contribution is 2.74. The van der Waals surface area contributed by atoms with Gasteiger partial charge in [0.2, 0.25) is 0 Å². The molecule has 6 nitrogen and oxygen atoms in total. The van der Waals surface area contributed by atoms with Crippen LogP contribution in [0.15, 0.2) is 22.8 Å². The normalized spacial score (nSPS) is 43.2. The number of carbonyl (C=O) groups excluding carboxylic acids is 1. The molecule has 10 unspecified atom stereocenters. The lowest BCUT2D eigenvalue weighted by molar-refractivity contribution is -0.239. The van der Waals surface area contributed by atoms with E-state index in [1.807, 2.05) is 27.7 Å². The van der Waals surface area contributed by atoms with Gasteiger partial charge >= 0.3 is 11.9 Å². The van der Waals surface area contributed by atoms with Crippen molar-refractivity contribution >= 4 is 11.9 Å². The van der Waals surface area contributed by atoms with Crippen LogP contribution in [0, 0.1) is 39.9 Å². The van der Waals surface area contributed by atoms with Crippen LogP contribution < -0.4 is 0 Å². The number of aliphatic hydroxyl groups excluding tert-OH is 1. The van der Waals surface area contributed by atoms with Gasteiger partial charge in [-0.25, -0.2) is 4.79 Å². The molecule has 0 heterocycles. The molecule has 40 heavy (non-hydrogen) atoms. The van der Waals surface area contributed by atoms with Crippen molar-refractivity contribution in [3.8, 4) is 0 Å². The standard InChI is InChI=1S/C32H50O6.C2H6/c1-18(2)10-9-11-21(29(35)36)27-23-16-25(37-8)28-30(5)14-13-24(34)19(3)22(30)12-15-31(28,6)32(23,7)17-26(27)38-20(4)33;1-2/h10,19,22-26,28,34H,9,11-17H2,1-8H3,(H,35,36);1-2H3/b27-21-;. The lowest BCUT2D eigenvalue weighted by Crippen LogP contribution is -2.66. The number of esters is 1. The van der Waals surface area contributed by atoms with Gasteiger partial charge < -0.3 is 19.7 Å². The quantitative estimate of drug-likeness (QED) is 0.200. The van der Waals surface area contributed by atoms with Gasteiger partial charge in [0.25, 0.3) is 0 Å². The Morgan fingerprint density at radius 2 is 1.70 bits per heavy atom. The second kappa shape index (κ2) is 12.3. The molecule has 0 spiro atoms. The lowest BCUT2D eigenvalue weighted by atomic mass is 9.36. The molecule has 4 saturated carbocycles. The number of aliphatic carboxylic acids is 1. The van der Waals surface area contributed by atoms with E-state index in [-0.39, 0.29) is 52.2 Å². The molecular formula is C34H56O6. The van der Waals surface area contributed by atoms with Gasteiger partial charge in [0.1, 0.15) is 6.10 Å². The summed E-state index contributed by atoms with van der Waals surface area (Å²) in [5, 5.41) is 21.2. The van der Waals surface area contributed by atoms with Crippen LogP contribution in [0.25, 0.3) is 0 Å². The van der Waals surface area contributed by atoms with Crippen molar-refractivity contribution in [3.05, 3.63) is 22.8 Å². The maximum Gasteiger partial charge on any atom is 0.331 e. The number of ether oxygens (including phenoxy) is 2. The first-order chi connectivity index (χ1) is 18.7. The van der Waals surface area contributed by atoms with Crippen LogP contribution in [0.4, 0.5) is 0 Å². The second-order valence-electron chi connectivity index (χ2n) is 13.9. The zero-order valence-electron chi connectivity index (χ0n) is 26.8. The number of allylic oxidation sites excluding steroid dienone is 2. The molecule has 4 aliphatic rings. The Hall–Kier alpha value is -1.66. The summed E-state index contributed by atoms with van der Waals surface area (Å²) in [6.07, 6.45) is 7.58. The molecule has 228 valence electrons. The predicted octanol–water partition coefficient (Wildman–Crippen LogP) is 7.35. The Labute approximate surface area is 243 Å². The number of carboxylic acids is 1. The second-order valence-corrected chi connectivity index (χ2v) is 13.9. The lowest BCUT2D eigenvalue weighted by Gasteiger charge is -2.69. The van der Waals surface area contributed by atoms with Crippen LogP contribution in [0.3, 0.4) is 0 Å². The highest BCUT2D eigenvalue weighted by atomic mass is 16.5. The van der Waals surface area contributed by atoms with Gasteiger partial charge in [-0.05, 0) is 111 Å². The zero-order valence-corrected chi connectivity index (χ0v) is 26.8. The summed E-state index contributed by atoms with van der Waals surface area (Å²) in [7, 11) is 1.80. The summed E-state index contributed by atoms with van der Waals surface area (Å²) >= 11 is 0. The molecule has 0 saturated heterocycles. The molecule has 0 radical (unpaired) electrons. The van der Waals surface area contributed by atoms with Crippen molar-refractivity contribution in [2.75, 3.05) is 7.11 Å². The van der Waals surface area contributed by atoms with Crippen molar-refractivity contribution in [3.63, 3.8) is 0 Å². The number of carbonyl (C=O) groups is 2. The van der Waals surface area contributed by atoms with E-state index in [4.69, 9.17) is 9.47 Å². The van der Waals surface area contributed by atoms with Crippen LogP contribution >= 0.6 is 0 Å². The van der Waals surface area contributed by atoms with Gasteiger partial charge in [-0.1, -0.05) is 53.2 Å². The van der Waals surface area contributed by atoms with E-state index in [1.54, 1.807) is 7.11 Å². The average molecular weight is 561 g/mol. The van der Waals surface area contributed by atoms with Gasteiger partial charge in [-0.3, -0.25) is 4.79 Å². The summed E-state index contributed by atoms with van der Waals surface area (Å²) in [6, 6.07) is 0. The Kier molecular flexibility index (Phi) is 10.1. The number of hydrogen-bond acceptors (Lipinski definition) is 5. The van der Waals surface area contributed by atoms with E-state index in [1.165, 1.54) is 6.92 Å². The molecule has 0 amide bonds. The van der Waals surface area contributed by atoms with Crippen molar-refractivity contribution in [2.45, 2.75) is 132 Å². The maximum atomic E-state index is 12.7. The van der Waals surface area contributed by atoms with Gasteiger partial charge in [0.15, 0.2) is 0 Å². The fourth-order valence-electron chi connectivity index (χ4n) is 9.98. The molecule has 10 atom stereocenters. The number of fused-ring (bicyclic) bond motifs is 5. The minimum atomic E-state index is -0.907. The zero-order chi connectivity index (χ0) is 30.2. The predicted molar refractivity (Wildman–Crippen MR) is 159 cm³/mol. The highest BCUT2D eigenvalue weighted by molar-refractivity contribution is 5.88. The molecule has 4 rings (SSSR count). The van der Waals surface area contributed by atoms with E-state index >= 15 is 0 Å². The number of methoxy groups -OCH3 is 1. The molecule has 4 fully saturated rings. The summed E-state index contributed by atoms with van der Waals surface area (Å²) in [6.45, 7) is 18.8.